The minimum atomic E-state index is -1.92. The van der Waals surface area contributed by atoms with E-state index in [0.29, 0.717) is 0 Å². The molecule has 0 aromatic heterocycles. The van der Waals surface area contributed by atoms with Gasteiger partial charge in [-0.25, -0.2) is 18.8 Å². The summed E-state index contributed by atoms with van der Waals surface area (Å²) in [6.45, 7) is 9.17. The first-order valence-electron chi connectivity index (χ1n) is 11.6. The van der Waals surface area contributed by atoms with Gasteiger partial charge in [-0.15, -0.1) is 0 Å². The third-order valence-electron chi connectivity index (χ3n) is 5.98. The lowest BCUT2D eigenvalue weighted by Crippen LogP contribution is -2.58. The van der Waals surface area contributed by atoms with Gasteiger partial charge < -0.3 is 30.9 Å². The van der Waals surface area contributed by atoms with Gasteiger partial charge in [0.2, 0.25) is 0 Å². The molecule has 2 aliphatic rings. The molecule has 35 heavy (non-hydrogen) atoms. The van der Waals surface area contributed by atoms with Crippen LogP contribution in [0.1, 0.15) is 53.9 Å². The molecule has 0 radical (unpaired) electrons. The maximum atomic E-state index is 13.8. The van der Waals surface area contributed by atoms with Gasteiger partial charge in [0.1, 0.15) is 17.0 Å². The van der Waals surface area contributed by atoms with Gasteiger partial charge in [-0.3, -0.25) is 4.79 Å². The van der Waals surface area contributed by atoms with Crippen LogP contribution in [0, 0.1) is 23.6 Å². The lowest BCUT2D eigenvalue weighted by molar-refractivity contribution is -0.147. The molecule has 2 aliphatic carbocycles. The molecule has 0 bridgehead atoms. The fourth-order valence-corrected chi connectivity index (χ4v) is 4.35. The summed E-state index contributed by atoms with van der Waals surface area (Å²) in [5, 5.41) is 26.6. The predicted molar refractivity (Wildman–Crippen MR) is 125 cm³/mol. The number of halogens is 1. The number of amides is 3. The number of rotatable bonds is 6. The second kappa shape index (κ2) is 10.9. The van der Waals surface area contributed by atoms with Crippen molar-refractivity contribution in [3.05, 3.63) is 30.1 Å². The SMILES string of the molecule is CC(C)(C)OC(=O)NC1(C(=O)O)CC(NC(=O)Nc2ccccc2F)C2C(C(=O)O)C21.CCCC. The summed E-state index contributed by atoms with van der Waals surface area (Å²) < 4.78 is 18.9. The first-order valence-corrected chi connectivity index (χ1v) is 11.6. The van der Waals surface area contributed by atoms with Gasteiger partial charge >= 0.3 is 24.1 Å². The van der Waals surface area contributed by atoms with Crippen LogP contribution in [0.5, 0.6) is 0 Å². The molecule has 3 rings (SSSR count). The number of carboxylic acid groups (broad SMARTS) is 2. The van der Waals surface area contributed by atoms with E-state index in [0.717, 1.165) is 6.07 Å². The average Bonchev–Trinajstić information content (AvgIpc) is 3.42. The fourth-order valence-electron chi connectivity index (χ4n) is 4.35. The molecule has 11 heteroatoms. The molecule has 5 atom stereocenters. The Morgan fingerprint density at radius 2 is 1.71 bits per heavy atom. The number of para-hydroxylation sites is 1. The minimum absolute atomic E-state index is 0.0866. The highest BCUT2D eigenvalue weighted by Gasteiger charge is 2.76. The quantitative estimate of drug-likeness (QED) is 0.402. The molecule has 1 aromatic carbocycles. The maximum Gasteiger partial charge on any atom is 0.408 e. The normalized spacial score (nSPS) is 26.3. The highest BCUT2D eigenvalue weighted by Crippen LogP contribution is 2.62. The van der Waals surface area contributed by atoms with E-state index in [9.17, 15) is 33.8 Å². The molecule has 0 saturated heterocycles. The van der Waals surface area contributed by atoms with Crippen LogP contribution in [0.25, 0.3) is 0 Å². The highest BCUT2D eigenvalue weighted by atomic mass is 19.1. The number of ether oxygens (including phenoxy) is 1. The zero-order chi connectivity index (χ0) is 26.6. The summed E-state index contributed by atoms with van der Waals surface area (Å²) in [5.41, 5.74) is -2.91. The van der Waals surface area contributed by atoms with E-state index >= 15 is 0 Å². The molecular weight excluding hydrogens is 461 g/mol. The number of fused-ring (bicyclic) bond motifs is 1. The van der Waals surface area contributed by atoms with E-state index in [4.69, 9.17) is 4.74 Å². The first kappa shape index (κ1) is 27.9. The maximum absolute atomic E-state index is 13.8. The van der Waals surface area contributed by atoms with Gasteiger partial charge in [-0.1, -0.05) is 38.8 Å². The molecule has 1 aromatic rings. The van der Waals surface area contributed by atoms with E-state index in [1.54, 1.807) is 20.8 Å². The lowest BCUT2D eigenvalue weighted by Gasteiger charge is -2.31. The van der Waals surface area contributed by atoms with Crippen molar-refractivity contribution in [2.75, 3.05) is 5.32 Å². The second-order valence-electron chi connectivity index (χ2n) is 9.76. The van der Waals surface area contributed by atoms with Gasteiger partial charge in [0, 0.05) is 18.4 Å². The number of aliphatic carboxylic acids is 2. The van der Waals surface area contributed by atoms with Gasteiger partial charge in [0.25, 0.3) is 0 Å². The van der Waals surface area contributed by atoms with Crippen LogP contribution in [0.15, 0.2) is 24.3 Å². The summed E-state index contributed by atoms with van der Waals surface area (Å²) in [5.74, 6) is -6.03. The topological polar surface area (TPSA) is 154 Å². The summed E-state index contributed by atoms with van der Waals surface area (Å²) in [4.78, 5) is 48.5. The zero-order valence-electron chi connectivity index (χ0n) is 20.6. The number of urea groups is 1. The van der Waals surface area contributed by atoms with Crippen LogP contribution in [0.4, 0.5) is 19.7 Å². The largest absolute Gasteiger partial charge is 0.481 e. The number of unbranched alkanes of at least 4 members (excludes halogenated alkanes) is 1. The third-order valence-corrected chi connectivity index (χ3v) is 5.98. The number of nitrogens with one attached hydrogen (secondary N) is 3. The van der Waals surface area contributed by atoms with Crippen LogP contribution < -0.4 is 16.0 Å². The zero-order valence-corrected chi connectivity index (χ0v) is 20.6. The van der Waals surface area contributed by atoms with Crippen LogP contribution in [-0.4, -0.2) is 51.5 Å². The fraction of sp³-hybridized carbons (Fsp3) is 0.583. The third kappa shape index (κ3) is 6.61. The molecule has 0 heterocycles. The lowest BCUT2D eigenvalue weighted by atomic mass is 9.89. The summed E-state index contributed by atoms with van der Waals surface area (Å²) >= 11 is 0. The number of hydrogen-bond acceptors (Lipinski definition) is 5. The molecule has 5 N–H and O–H groups in total. The van der Waals surface area contributed by atoms with Crippen LogP contribution in [-0.2, 0) is 14.3 Å². The smallest absolute Gasteiger partial charge is 0.408 e. The van der Waals surface area contributed by atoms with E-state index in [1.807, 2.05) is 0 Å². The van der Waals surface area contributed by atoms with Crippen molar-refractivity contribution in [2.45, 2.75) is 71.1 Å². The summed E-state index contributed by atoms with van der Waals surface area (Å²) in [6, 6.07) is 3.78. The standard InChI is InChI=1S/C20H24FN3O7.C4H10/c1-19(2,3)31-18(30)24-20(16(27)28)8-11(12-13(14(12)20)15(25)26)23-17(29)22-10-7-5-4-6-9(10)21;1-3-4-2/h4-7,11-14H,8H2,1-3H3,(H,24,30)(H,25,26)(H,27,28)(H2,22,23,29);3-4H2,1-2H3. The molecular formula is C24H34FN3O7. The molecule has 0 aliphatic heterocycles. The molecule has 0 spiro atoms. The molecule has 2 saturated carbocycles. The molecule has 5 unspecified atom stereocenters. The predicted octanol–water partition coefficient (Wildman–Crippen LogP) is 3.82. The first-order chi connectivity index (χ1) is 16.3. The Balaban J connectivity index is 0.00000100. The van der Waals surface area contributed by atoms with Crippen molar-refractivity contribution in [1.82, 2.24) is 10.6 Å². The van der Waals surface area contributed by atoms with Crippen molar-refractivity contribution in [1.29, 1.82) is 0 Å². The summed E-state index contributed by atoms with van der Waals surface area (Å²) in [7, 11) is 0. The Kier molecular flexibility index (Phi) is 8.69. The number of benzene rings is 1. The van der Waals surface area contributed by atoms with Gasteiger partial charge in [-0.05, 0) is 38.8 Å². The average molecular weight is 496 g/mol. The number of anilines is 1. The summed E-state index contributed by atoms with van der Waals surface area (Å²) in [6.07, 6.45) is 1.40. The molecule has 3 amide bonds. The van der Waals surface area contributed by atoms with Crippen LogP contribution in [0.3, 0.4) is 0 Å². The van der Waals surface area contributed by atoms with Crippen molar-refractivity contribution >= 4 is 29.8 Å². The Hall–Kier alpha value is -3.37. The van der Waals surface area contributed by atoms with Gasteiger partial charge in [-0.2, -0.15) is 0 Å². The van der Waals surface area contributed by atoms with Crippen molar-refractivity contribution in [3.63, 3.8) is 0 Å². The van der Waals surface area contributed by atoms with E-state index < -0.39 is 64.8 Å². The molecule has 10 nitrogen and oxygen atoms in total. The van der Waals surface area contributed by atoms with Crippen molar-refractivity contribution in [3.8, 4) is 0 Å². The Morgan fingerprint density at radius 3 is 2.20 bits per heavy atom. The highest BCUT2D eigenvalue weighted by molar-refractivity contribution is 5.92. The molecule has 194 valence electrons. The Morgan fingerprint density at radius 1 is 1.11 bits per heavy atom. The van der Waals surface area contributed by atoms with E-state index in [-0.39, 0.29) is 12.1 Å². The molecule has 2 fully saturated rings. The van der Waals surface area contributed by atoms with E-state index in [2.05, 4.69) is 29.8 Å². The van der Waals surface area contributed by atoms with E-state index in [1.165, 1.54) is 31.0 Å². The second-order valence-corrected chi connectivity index (χ2v) is 9.76. The minimum Gasteiger partial charge on any atom is -0.481 e. The van der Waals surface area contributed by atoms with Crippen LogP contribution >= 0.6 is 0 Å². The number of carboxylic acids is 2. The monoisotopic (exact) mass is 495 g/mol. The van der Waals surface area contributed by atoms with Crippen molar-refractivity contribution in [2.24, 2.45) is 17.8 Å². The van der Waals surface area contributed by atoms with Gasteiger partial charge in [0.15, 0.2) is 0 Å². The van der Waals surface area contributed by atoms with Crippen molar-refractivity contribution < 1.29 is 38.5 Å². The van der Waals surface area contributed by atoms with Gasteiger partial charge in [0.05, 0.1) is 11.6 Å². The van der Waals surface area contributed by atoms with Crippen LogP contribution in [0.2, 0.25) is 0 Å². The number of carbonyl (C=O) groups is 4. The number of hydrogen-bond donors (Lipinski definition) is 5. The number of alkyl carbamates (subject to hydrolysis) is 1. The Bertz CT molecular complexity index is 963. The Labute approximate surface area is 203 Å². The number of carbonyl (C=O) groups excluding carboxylic acids is 2.